The zero-order chi connectivity index (χ0) is 13.3. The molecule has 0 spiro atoms. The molecule has 1 aliphatic rings. The van der Waals surface area contributed by atoms with Crippen molar-refractivity contribution in [3.05, 3.63) is 22.8 Å². The van der Waals surface area contributed by atoms with Gasteiger partial charge in [0.15, 0.2) is 0 Å². The zero-order valence-corrected chi connectivity index (χ0v) is 11.3. The monoisotopic (exact) mass is 268 g/mol. The minimum atomic E-state index is -0.972. The maximum Gasteiger partial charge on any atom is 0.335 e. The van der Waals surface area contributed by atoms with Gasteiger partial charge in [-0.25, -0.2) is 9.78 Å². The van der Waals surface area contributed by atoms with Crippen LogP contribution in [0.4, 0.5) is 5.82 Å². The highest BCUT2D eigenvalue weighted by Gasteiger charge is 2.26. The van der Waals surface area contributed by atoms with E-state index >= 15 is 0 Å². The fourth-order valence-corrected chi connectivity index (χ4v) is 2.51. The van der Waals surface area contributed by atoms with E-state index in [0.29, 0.717) is 17.7 Å². The summed E-state index contributed by atoms with van der Waals surface area (Å²) >= 11 is 5.87. The van der Waals surface area contributed by atoms with Gasteiger partial charge in [0.1, 0.15) is 11.0 Å². The van der Waals surface area contributed by atoms with Crippen molar-refractivity contribution in [3.8, 4) is 0 Å². The summed E-state index contributed by atoms with van der Waals surface area (Å²) in [5.41, 5.74) is 0.193. The van der Waals surface area contributed by atoms with E-state index in [1.807, 2.05) is 0 Å². The molecule has 18 heavy (non-hydrogen) atoms. The molecule has 0 amide bonds. The summed E-state index contributed by atoms with van der Waals surface area (Å²) in [5.74, 6) is 0.968. The predicted molar refractivity (Wildman–Crippen MR) is 71.4 cm³/mol. The van der Waals surface area contributed by atoms with Crippen molar-refractivity contribution < 1.29 is 9.90 Å². The van der Waals surface area contributed by atoms with Gasteiger partial charge in [0.05, 0.1) is 5.56 Å². The lowest BCUT2D eigenvalue weighted by Crippen LogP contribution is -2.22. The van der Waals surface area contributed by atoms with Gasteiger partial charge in [0.25, 0.3) is 0 Å². The van der Waals surface area contributed by atoms with Crippen molar-refractivity contribution >= 4 is 23.4 Å². The highest BCUT2D eigenvalue weighted by atomic mass is 35.5. The molecule has 1 unspecified atom stereocenters. The molecule has 0 radical (unpaired) electrons. The van der Waals surface area contributed by atoms with Crippen LogP contribution in [0.1, 0.15) is 30.6 Å². The number of aromatic carboxylic acids is 1. The van der Waals surface area contributed by atoms with E-state index in [1.54, 1.807) is 6.07 Å². The third kappa shape index (κ3) is 2.75. The largest absolute Gasteiger partial charge is 0.478 e. The highest BCUT2D eigenvalue weighted by molar-refractivity contribution is 6.29. The predicted octanol–water partition coefficient (Wildman–Crippen LogP) is 2.92. The molecule has 1 atom stereocenters. The molecule has 98 valence electrons. The molecule has 1 fully saturated rings. The molecule has 1 aromatic rings. The first-order chi connectivity index (χ1) is 8.47. The number of hydrogen-bond acceptors (Lipinski definition) is 3. The fourth-order valence-electron chi connectivity index (χ4n) is 2.31. The van der Waals surface area contributed by atoms with Crippen LogP contribution in [0.3, 0.4) is 0 Å². The second-order valence-electron chi connectivity index (χ2n) is 5.08. The molecule has 0 aromatic carbocycles. The van der Waals surface area contributed by atoms with Crippen molar-refractivity contribution in [3.63, 3.8) is 0 Å². The summed E-state index contributed by atoms with van der Waals surface area (Å²) in [6, 6.07) is 2.97. The van der Waals surface area contributed by atoms with E-state index in [4.69, 9.17) is 16.7 Å². The number of rotatable bonds is 3. The Kier molecular flexibility index (Phi) is 3.76. The molecule has 1 saturated heterocycles. The van der Waals surface area contributed by atoms with Crippen LogP contribution in [-0.2, 0) is 0 Å². The Morgan fingerprint density at radius 1 is 1.56 bits per heavy atom. The molecule has 5 heteroatoms. The first kappa shape index (κ1) is 13.1. The number of aromatic nitrogens is 1. The average Bonchev–Trinajstić information content (AvgIpc) is 2.77. The Balaban J connectivity index is 2.21. The number of halogens is 1. The average molecular weight is 269 g/mol. The smallest absolute Gasteiger partial charge is 0.335 e. The first-order valence-electron chi connectivity index (χ1n) is 6.13. The van der Waals surface area contributed by atoms with E-state index in [0.717, 1.165) is 19.5 Å². The number of carbonyl (C=O) groups is 1. The van der Waals surface area contributed by atoms with Gasteiger partial charge in [-0.2, -0.15) is 0 Å². The van der Waals surface area contributed by atoms with Crippen LogP contribution in [0.25, 0.3) is 0 Å². The maximum atomic E-state index is 11.0. The third-order valence-corrected chi connectivity index (χ3v) is 3.71. The molecule has 1 aromatic heterocycles. The SMILES string of the molecule is CC(C)C1CCN(c2cc(C(=O)O)cc(Cl)n2)C1. The molecule has 0 aliphatic carbocycles. The van der Waals surface area contributed by atoms with Crippen molar-refractivity contribution in [1.29, 1.82) is 0 Å². The number of pyridine rings is 1. The summed E-state index contributed by atoms with van der Waals surface area (Å²) in [6.45, 7) is 6.25. The van der Waals surface area contributed by atoms with E-state index in [-0.39, 0.29) is 10.7 Å². The Morgan fingerprint density at radius 2 is 2.28 bits per heavy atom. The summed E-state index contributed by atoms with van der Waals surface area (Å²) in [7, 11) is 0. The highest BCUT2D eigenvalue weighted by Crippen LogP contribution is 2.28. The van der Waals surface area contributed by atoms with E-state index < -0.39 is 5.97 Å². The minimum Gasteiger partial charge on any atom is -0.478 e. The molecular formula is C13H17ClN2O2. The van der Waals surface area contributed by atoms with Gasteiger partial charge in [-0.15, -0.1) is 0 Å². The number of hydrogen-bond donors (Lipinski definition) is 1. The summed E-state index contributed by atoms with van der Waals surface area (Å²) in [4.78, 5) is 17.3. The van der Waals surface area contributed by atoms with Crippen molar-refractivity contribution in [2.24, 2.45) is 11.8 Å². The lowest BCUT2D eigenvalue weighted by atomic mass is 9.95. The van der Waals surface area contributed by atoms with Gasteiger partial charge in [-0.3, -0.25) is 0 Å². The van der Waals surface area contributed by atoms with Gasteiger partial charge in [-0.05, 0) is 30.4 Å². The molecule has 0 saturated carbocycles. The van der Waals surface area contributed by atoms with Gasteiger partial charge >= 0.3 is 5.97 Å². The fraction of sp³-hybridized carbons (Fsp3) is 0.538. The van der Waals surface area contributed by atoms with Crippen molar-refractivity contribution in [2.75, 3.05) is 18.0 Å². The van der Waals surface area contributed by atoms with Gasteiger partial charge in [0.2, 0.25) is 0 Å². The molecule has 2 heterocycles. The summed E-state index contributed by atoms with van der Waals surface area (Å²) < 4.78 is 0. The Bertz CT molecular complexity index is 462. The van der Waals surface area contributed by atoms with Crippen LogP contribution < -0.4 is 4.90 Å². The van der Waals surface area contributed by atoms with Crippen molar-refractivity contribution in [1.82, 2.24) is 4.98 Å². The van der Waals surface area contributed by atoms with Gasteiger partial charge in [0, 0.05) is 13.1 Å². The van der Waals surface area contributed by atoms with Crippen LogP contribution in [0.2, 0.25) is 5.15 Å². The normalized spacial score (nSPS) is 19.6. The quantitative estimate of drug-likeness (QED) is 0.857. The van der Waals surface area contributed by atoms with Crippen LogP contribution in [-0.4, -0.2) is 29.1 Å². The number of nitrogens with zero attached hydrogens (tertiary/aromatic N) is 2. The Morgan fingerprint density at radius 3 is 2.83 bits per heavy atom. The van der Waals surface area contributed by atoms with Gasteiger partial charge < -0.3 is 10.0 Å². The molecule has 0 bridgehead atoms. The number of anilines is 1. The number of carboxylic acids is 1. The van der Waals surface area contributed by atoms with Gasteiger partial charge in [-0.1, -0.05) is 25.4 Å². The topological polar surface area (TPSA) is 53.4 Å². The standard InChI is InChI=1S/C13H17ClN2O2/c1-8(2)9-3-4-16(7-9)12-6-10(13(17)18)5-11(14)15-12/h5-6,8-9H,3-4,7H2,1-2H3,(H,17,18). The molecule has 4 nitrogen and oxygen atoms in total. The van der Waals surface area contributed by atoms with Crippen LogP contribution in [0.5, 0.6) is 0 Å². The Hall–Kier alpha value is -1.29. The van der Waals surface area contributed by atoms with Crippen LogP contribution in [0, 0.1) is 11.8 Å². The lowest BCUT2D eigenvalue weighted by molar-refractivity contribution is 0.0697. The minimum absolute atomic E-state index is 0.193. The summed E-state index contributed by atoms with van der Waals surface area (Å²) in [6.07, 6.45) is 1.12. The maximum absolute atomic E-state index is 11.0. The van der Waals surface area contributed by atoms with E-state index in [2.05, 4.69) is 23.7 Å². The van der Waals surface area contributed by atoms with Crippen LogP contribution in [0.15, 0.2) is 12.1 Å². The lowest BCUT2D eigenvalue weighted by Gasteiger charge is -2.19. The molecule has 2 rings (SSSR count). The second kappa shape index (κ2) is 5.14. The van der Waals surface area contributed by atoms with E-state index in [9.17, 15) is 4.79 Å². The Labute approximate surface area is 112 Å². The summed E-state index contributed by atoms with van der Waals surface area (Å²) in [5, 5.41) is 9.25. The second-order valence-corrected chi connectivity index (χ2v) is 5.47. The molecular weight excluding hydrogens is 252 g/mol. The first-order valence-corrected chi connectivity index (χ1v) is 6.51. The van der Waals surface area contributed by atoms with Crippen molar-refractivity contribution in [2.45, 2.75) is 20.3 Å². The number of carboxylic acid groups (broad SMARTS) is 1. The third-order valence-electron chi connectivity index (χ3n) is 3.52. The molecule has 1 aliphatic heterocycles. The molecule has 1 N–H and O–H groups in total. The van der Waals surface area contributed by atoms with Crippen LogP contribution >= 0.6 is 11.6 Å². The van der Waals surface area contributed by atoms with E-state index in [1.165, 1.54) is 6.07 Å². The zero-order valence-electron chi connectivity index (χ0n) is 10.6.